The largest absolute Gasteiger partial charge is 0.494 e. The van der Waals surface area contributed by atoms with Crippen LogP contribution in [0, 0.1) is 0 Å². The SMILES string of the molecule is CCCCCCOc1ccc(NCC(C)Oc2ccccc2)cc1. The van der Waals surface area contributed by atoms with Crippen molar-refractivity contribution < 1.29 is 9.47 Å². The number of para-hydroxylation sites is 1. The first-order valence-corrected chi connectivity index (χ1v) is 8.96. The highest BCUT2D eigenvalue weighted by Gasteiger charge is 2.04. The van der Waals surface area contributed by atoms with E-state index in [-0.39, 0.29) is 6.10 Å². The molecule has 3 nitrogen and oxygen atoms in total. The number of benzene rings is 2. The van der Waals surface area contributed by atoms with E-state index < -0.39 is 0 Å². The molecule has 2 rings (SSSR count). The first-order chi connectivity index (χ1) is 11.8. The molecule has 3 heteroatoms. The van der Waals surface area contributed by atoms with E-state index in [1.807, 2.05) is 42.5 Å². The van der Waals surface area contributed by atoms with Crippen molar-refractivity contribution in [2.75, 3.05) is 18.5 Å². The Kier molecular flexibility index (Phi) is 8.02. The van der Waals surface area contributed by atoms with Crippen LogP contribution in [0.25, 0.3) is 0 Å². The number of ether oxygens (including phenoxy) is 2. The van der Waals surface area contributed by atoms with Crippen molar-refractivity contribution in [2.45, 2.75) is 45.6 Å². The maximum absolute atomic E-state index is 5.86. The lowest BCUT2D eigenvalue weighted by Gasteiger charge is -2.16. The summed E-state index contributed by atoms with van der Waals surface area (Å²) in [6, 6.07) is 18.0. The van der Waals surface area contributed by atoms with Crippen molar-refractivity contribution in [3.8, 4) is 11.5 Å². The van der Waals surface area contributed by atoms with Crippen LogP contribution in [0.3, 0.4) is 0 Å². The van der Waals surface area contributed by atoms with E-state index in [1.165, 1.54) is 19.3 Å². The quantitative estimate of drug-likeness (QED) is 0.551. The number of nitrogens with one attached hydrogen (secondary N) is 1. The summed E-state index contributed by atoms with van der Waals surface area (Å²) < 4.78 is 11.6. The minimum Gasteiger partial charge on any atom is -0.494 e. The summed E-state index contributed by atoms with van der Waals surface area (Å²) in [6.45, 7) is 5.84. The molecule has 0 bridgehead atoms. The Hall–Kier alpha value is -2.16. The molecule has 0 spiro atoms. The molecule has 1 unspecified atom stereocenters. The van der Waals surface area contributed by atoms with E-state index in [4.69, 9.17) is 9.47 Å². The normalized spacial score (nSPS) is 11.8. The third kappa shape index (κ3) is 6.95. The summed E-state index contributed by atoms with van der Waals surface area (Å²) in [4.78, 5) is 0. The summed E-state index contributed by atoms with van der Waals surface area (Å²) in [5.41, 5.74) is 1.08. The highest BCUT2D eigenvalue weighted by atomic mass is 16.5. The van der Waals surface area contributed by atoms with Gasteiger partial charge >= 0.3 is 0 Å². The summed E-state index contributed by atoms with van der Waals surface area (Å²) >= 11 is 0. The van der Waals surface area contributed by atoms with Crippen LogP contribution in [0.15, 0.2) is 54.6 Å². The van der Waals surface area contributed by atoms with Crippen LogP contribution in [0.1, 0.15) is 39.5 Å². The van der Waals surface area contributed by atoms with Crippen molar-refractivity contribution in [3.63, 3.8) is 0 Å². The average Bonchev–Trinajstić information content (AvgIpc) is 2.62. The van der Waals surface area contributed by atoms with E-state index >= 15 is 0 Å². The summed E-state index contributed by atoms with van der Waals surface area (Å²) in [5.74, 6) is 1.84. The van der Waals surface area contributed by atoms with E-state index in [0.29, 0.717) is 0 Å². The second kappa shape index (κ2) is 10.6. The Balaban J connectivity index is 1.67. The van der Waals surface area contributed by atoms with Crippen molar-refractivity contribution >= 4 is 5.69 Å². The van der Waals surface area contributed by atoms with E-state index in [9.17, 15) is 0 Å². The predicted molar refractivity (Wildman–Crippen MR) is 101 cm³/mol. The monoisotopic (exact) mass is 327 g/mol. The van der Waals surface area contributed by atoms with Gasteiger partial charge in [-0.05, 0) is 49.7 Å². The molecule has 0 saturated carbocycles. The van der Waals surface area contributed by atoms with Gasteiger partial charge in [-0.3, -0.25) is 0 Å². The summed E-state index contributed by atoms with van der Waals surface area (Å²) in [7, 11) is 0. The van der Waals surface area contributed by atoms with Gasteiger partial charge in [0, 0.05) is 5.69 Å². The molecular formula is C21H29NO2. The van der Waals surface area contributed by atoms with Gasteiger partial charge in [0.1, 0.15) is 17.6 Å². The van der Waals surface area contributed by atoms with Gasteiger partial charge in [0.25, 0.3) is 0 Å². The summed E-state index contributed by atoms with van der Waals surface area (Å²) in [5, 5.41) is 3.40. The van der Waals surface area contributed by atoms with Crippen LogP contribution in [-0.4, -0.2) is 19.3 Å². The minimum atomic E-state index is 0.0990. The van der Waals surface area contributed by atoms with E-state index in [1.54, 1.807) is 0 Å². The molecule has 0 aliphatic carbocycles. The Labute approximate surface area is 146 Å². The molecule has 0 aromatic heterocycles. The molecule has 0 fully saturated rings. The van der Waals surface area contributed by atoms with Gasteiger partial charge in [-0.25, -0.2) is 0 Å². The van der Waals surface area contributed by atoms with Crippen LogP contribution in [-0.2, 0) is 0 Å². The van der Waals surface area contributed by atoms with Crippen LogP contribution in [0.2, 0.25) is 0 Å². The molecular weight excluding hydrogens is 298 g/mol. The van der Waals surface area contributed by atoms with Gasteiger partial charge in [0.15, 0.2) is 0 Å². The van der Waals surface area contributed by atoms with Gasteiger partial charge in [-0.1, -0.05) is 44.4 Å². The molecule has 0 aliphatic rings. The Bertz CT molecular complexity index is 554. The number of rotatable bonds is 11. The van der Waals surface area contributed by atoms with Crippen molar-refractivity contribution in [1.29, 1.82) is 0 Å². The van der Waals surface area contributed by atoms with Crippen molar-refractivity contribution in [2.24, 2.45) is 0 Å². The minimum absolute atomic E-state index is 0.0990. The second-order valence-corrected chi connectivity index (χ2v) is 6.06. The lowest BCUT2D eigenvalue weighted by molar-refractivity contribution is 0.235. The second-order valence-electron chi connectivity index (χ2n) is 6.06. The molecule has 0 amide bonds. The number of anilines is 1. The highest BCUT2D eigenvalue weighted by molar-refractivity contribution is 5.46. The molecule has 130 valence electrons. The lowest BCUT2D eigenvalue weighted by atomic mass is 10.2. The first kappa shape index (κ1) is 18.2. The molecule has 0 saturated heterocycles. The fourth-order valence-electron chi connectivity index (χ4n) is 2.42. The summed E-state index contributed by atoms with van der Waals surface area (Å²) in [6.07, 6.45) is 5.02. The average molecular weight is 327 g/mol. The first-order valence-electron chi connectivity index (χ1n) is 8.96. The van der Waals surface area contributed by atoms with E-state index in [2.05, 4.69) is 31.3 Å². The Morgan fingerprint density at radius 3 is 2.33 bits per heavy atom. The van der Waals surface area contributed by atoms with Crippen LogP contribution < -0.4 is 14.8 Å². The zero-order valence-electron chi connectivity index (χ0n) is 14.8. The predicted octanol–water partition coefficient (Wildman–Crippen LogP) is 5.53. The number of hydrogen-bond donors (Lipinski definition) is 1. The number of unbranched alkanes of at least 4 members (excludes halogenated alkanes) is 3. The molecule has 24 heavy (non-hydrogen) atoms. The van der Waals surface area contributed by atoms with Gasteiger partial charge < -0.3 is 14.8 Å². The molecule has 0 radical (unpaired) electrons. The Morgan fingerprint density at radius 2 is 1.62 bits per heavy atom. The van der Waals surface area contributed by atoms with Crippen molar-refractivity contribution in [1.82, 2.24) is 0 Å². The van der Waals surface area contributed by atoms with Crippen molar-refractivity contribution in [3.05, 3.63) is 54.6 Å². The maximum atomic E-state index is 5.86. The molecule has 2 aromatic carbocycles. The molecule has 0 heterocycles. The van der Waals surface area contributed by atoms with Gasteiger partial charge in [-0.2, -0.15) is 0 Å². The molecule has 1 atom stereocenters. The lowest BCUT2D eigenvalue weighted by Crippen LogP contribution is -2.22. The fraction of sp³-hybridized carbons (Fsp3) is 0.429. The van der Waals surface area contributed by atoms with Gasteiger partial charge in [-0.15, -0.1) is 0 Å². The number of hydrogen-bond acceptors (Lipinski definition) is 3. The van der Waals surface area contributed by atoms with E-state index in [0.717, 1.165) is 36.8 Å². The smallest absolute Gasteiger partial charge is 0.119 e. The standard InChI is InChI=1S/C21H29NO2/c1-3-4-5-9-16-23-20-14-12-19(13-15-20)22-17-18(2)24-21-10-7-6-8-11-21/h6-8,10-15,18,22H,3-5,9,16-17H2,1-2H3. The van der Waals surface area contributed by atoms with Gasteiger partial charge in [0.2, 0.25) is 0 Å². The topological polar surface area (TPSA) is 30.5 Å². The third-order valence-corrected chi connectivity index (χ3v) is 3.80. The third-order valence-electron chi connectivity index (χ3n) is 3.80. The highest BCUT2D eigenvalue weighted by Crippen LogP contribution is 2.17. The molecule has 2 aromatic rings. The van der Waals surface area contributed by atoms with Crippen LogP contribution >= 0.6 is 0 Å². The Morgan fingerprint density at radius 1 is 0.875 bits per heavy atom. The van der Waals surface area contributed by atoms with Crippen LogP contribution in [0.5, 0.6) is 11.5 Å². The van der Waals surface area contributed by atoms with Crippen LogP contribution in [0.4, 0.5) is 5.69 Å². The molecule has 0 aliphatic heterocycles. The molecule has 1 N–H and O–H groups in total. The fourth-order valence-corrected chi connectivity index (χ4v) is 2.42. The van der Waals surface area contributed by atoms with Gasteiger partial charge in [0.05, 0.1) is 13.2 Å². The zero-order valence-corrected chi connectivity index (χ0v) is 14.8. The maximum Gasteiger partial charge on any atom is 0.119 e. The zero-order chi connectivity index (χ0) is 17.0.